The van der Waals surface area contributed by atoms with Crippen molar-refractivity contribution in [2.75, 3.05) is 13.6 Å². The zero-order valence-corrected chi connectivity index (χ0v) is 11.4. The van der Waals surface area contributed by atoms with E-state index in [0.29, 0.717) is 18.7 Å². The Labute approximate surface area is 112 Å². The van der Waals surface area contributed by atoms with E-state index in [2.05, 4.69) is 0 Å². The molecule has 0 N–H and O–H groups in total. The molecule has 1 amide bonds. The molecule has 0 aliphatic carbocycles. The van der Waals surface area contributed by atoms with Gasteiger partial charge in [-0.3, -0.25) is 4.79 Å². The van der Waals surface area contributed by atoms with E-state index in [1.54, 1.807) is 7.05 Å². The molecule has 0 atom stereocenters. The molecule has 0 radical (unpaired) electrons. The molecule has 19 heavy (non-hydrogen) atoms. The van der Waals surface area contributed by atoms with Crippen molar-refractivity contribution in [1.29, 1.82) is 5.26 Å². The summed E-state index contributed by atoms with van der Waals surface area (Å²) in [5.74, 6) is 0.188. The highest BCUT2D eigenvalue weighted by Gasteiger charge is 2.21. The first kappa shape index (κ1) is 13.2. The largest absolute Gasteiger partial charge is 0.450 e. The van der Waals surface area contributed by atoms with Gasteiger partial charge < -0.3 is 9.32 Å². The fraction of sp³-hybridized carbons (Fsp3) is 0.333. The number of carbonyl (C=O) groups excluding carboxylic acids is 1. The summed E-state index contributed by atoms with van der Waals surface area (Å²) in [7, 11) is 1.68. The standard InChI is InChI=1S/C15H16N2O2/c1-10-6-4-7-12-11(2)14(19-13(10)12)15(18)17(3)9-5-8-16/h4,6-7H,5,9H2,1-3H3. The fourth-order valence-electron chi connectivity index (χ4n) is 2.08. The van der Waals surface area contributed by atoms with Gasteiger partial charge in [0.1, 0.15) is 5.58 Å². The third kappa shape index (κ3) is 2.32. The van der Waals surface area contributed by atoms with Gasteiger partial charge in [-0.2, -0.15) is 5.26 Å². The Morgan fingerprint density at radius 3 is 2.79 bits per heavy atom. The Bertz CT molecular complexity index is 665. The van der Waals surface area contributed by atoms with Gasteiger partial charge in [0.2, 0.25) is 0 Å². The summed E-state index contributed by atoms with van der Waals surface area (Å²) >= 11 is 0. The van der Waals surface area contributed by atoms with Crippen LogP contribution in [0.15, 0.2) is 22.6 Å². The van der Waals surface area contributed by atoms with E-state index in [4.69, 9.17) is 9.68 Å². The second-order valence-corrected chi connectivity index (χ2v) is 4.64. The highest BCUT2D eigenvalue weighted by molar-refractivity contribution is 5.99. The molecule has 0 aliphatic rings. The van der Waals surface area contributed by atoms with Crippen LogP contribution in [0.4, 0.5) is 0 Å². The molecule has 4 nitrogen and oxygen atoms in total. The summed E-state index contributed by atoms with van der Waals surface area (Å²) < 4.78 is 5.72. The fourth-order valence-corrected chi connectivity index (χ4v) is 2.08. The molecule has 0 unspecified atom stereocenters. The average molecular weight is 256 g/mol. The molecule has 0 spiro atoms. The van der Waals surface area contributed by atoms with E-state index in [-0.39, 0.29) is 5.91 Å². The number of aryl methyl sites for hydroxylation is 2. The number of furan rings is 1. The van der Waals surface area contributed by atoms with Crippen LogP contribution in [0.3, 0.4) is 0 Å². The molecule has 0 fully saturated rings. The minimum absolute atomic E-state index is 0.177. The van der Waals surface area contributed by atoms with Gasteiger partial charge in [0.25, 0.3) is 5.91 Å². The lowest BCUT2D eigenvalue weighted by molar-refractivity contribution is 0.0768. The van der Waals surface area contributed by atoms with Crippen molar-refractivity contribution in [2.45, 2.75) is 20.3 Å². The number of carbonyl (C=O) groups is 1. The normalized spacial score (nSPS) is 10.4. The van der Waals surface area contributed by atoms with Crippen molar-refractivity contribution in [3.63, 3.8) is 0 Å². The number of fused-ring (bicyclic) bond motifs is 1. The van der Waals surface area contributed by atoms with E-state index >= 15 is 0 Å². The van der Waals surface area contributed by atoms with E-state index in [9.17, 15) is 4.79 Å². The molecule has 1 aromatic heterocycles. The second kappa shape index (κ2) is 5.15. The van der Waals surface area contributed by atoms with Crippen molar-refractivity contribution in [2.24, 2.45) is 0 Å². The molecule has 2 rings (SSSR count). The first-order chi connectivity index (χ1) is 9.06. The van der Waals surface area contributed by atoms with Crippen LogP contribution in [0.2, 0.25) is 0 Å². The zero-order chi connectivity index (χ0) is 14.0. The second-order valence-electron chi connectivity index (χ2n) is 4.64. The van der Waals surface area contributed by atoms with Crippen molar-refractivity contribution in [3.8, 4) is 6.07 Å². The minimum atomic E-state index is -0.177. The van der Waals surface area contributed by atoms with Gasteiger partial charge in [-0.25, -0.2) is 0 Å². The quantitative estimate of drug-likeness (QED) is 0.848. The van der Waals surface area contributed by atoms with Gasteiger partial charge in [-0.15, -0.1) is 0 Å². The first-order valence-electron chi connectivity index (χ1n) is 6.17. The number of nitriles is 1. The molecular formula is C15H16N2O2. The van der Waals surface area contributed by atoms with Crippen LogP contribution in [0.5, 0.6) is 0 Å². The maximum atomic E-state index is 12.3. The molecule has 0 saturated heterocycles. The summed E-state index contributed by atoms with van der Waals surface area (Å²) in [5, 5.41) is 9.53. The Hall–Kier alpha value is -2.28. The summed E-state index contributed by atoms with van der Waals surface area (Å²) in [6, 6.07) is 7.89. The van der Waals surface area contributed by atoms with Crippen LogP contribution in [0, 0.1) is 25.2 Å². The third-order valence-electron chi connectivity index (χ3n) is 3.26. The van der Waals surface area contributed by atoms with Crippen LogP contribution < -0.4 is 0 Å². The van der Waals surface area contributed by atoms with Gasteiger partial charge >= 0.3 is 0 Å². The van der Waals surface area contributed by atoms with Crippen LogP contribution in [0.25, 0.3) is 11.0 Å². The summed E-state index contributed by atoms with van der Waals surface area (Å²) in [6.45, 7) is 4.25. The van der Waals surface area contributed by atoms with Gasteiger partial charge in [0.05, 0.1) is 12.5 Å². The van der Waals surface area contributed by atoms with Gasteiger partial charge in [0.15, 0.2) is 5.76 Å². The Balaban J connectivity index is 2.41. The number of hydrogen-bond acceptors (Lipinski definition) is 3. The lowest BCUT2D eigenvalue weighted by Gasteiger charge is -2.13. The molecule has 98 valence electrons. The predicted octanol–water partition coefficient (Wildman–Crippen LogP) is 3.04. The van der Waals surface area contributed by atoms with E-state index in [0.717, 1.165) is 22.1 Å². The summed E-state index contributed by atoms with van der Waals surface area (Å²) in [5.41, 5.74) is 2.63. The van der Waals surface area contributed by atoms with Crippen molar-refractivity contribution in [3.05, 3.63) is 35.1 Å². The monoisotopic (exact) mass is 256 g/mol. The maximum Gasteiger partial charge on any atom is 0.289 e. The number of amides is 1. The Morgan fingerprint density at radius 1 is 1.42 bits per heavy atom. The topological polar surface area (TPSA) is 57.2 Å². The van der Waals surface area contributed by atoms with Gasteiger partial charge in [-0.1, -0.05) is 18.2 Å². The molecule has 1 heterocycles. The molecule has 1 aromatic carbocycles. The van der Waals surface area contributed by atoms with Crippen molar-refractivity contribution in [1.82, 2.24) is 4.90 Å². The first-order valence-corrected chi connectivity index (χ1v) is 6.17. The molecule has 0 bridgehead atoms. The minimum Gasteiger partial charge on any atom is -0.450 e. The SMILES string of the molecule is Cc1c(C(=O)N(C)CCC#N)oc2c(C)cccc12. The van der Waals surface area contributed by atoms with Crippen molar-refractivity contribution < 1.29 is 9.21 Å². The highest BCUT2D eigenvalue weighted by Crippen LogP contribution is 2.28. The Morgan fingerprint density at radius 2 is 2.16 bits per heavy atom. The molecule has 2 aromatic rings. The molecular weight excluding hydrogens is 240 g/mol. The number of benzene rings is 1. The molecule has 0 saturated carbocycles. The van der Waals surface area contributed by atoms with E-state index in [1.807, 2.05) is 38.1 Å². The van der Waals surface area contributed by atoms with Crippen LogP contribution >= 0.6 is 0 Å². The summed E-state index contributed by atoms with van der Waals surface area (Å²) in [6.07, 6.45) is 0.320. The van der Waals surface area contributed by atoms with E-state index in [1.165, 1.54) is 4.90 Å². The number of nitrogens with zero attached hydrogens (tertiary/aromatic N) is 2. The molecule has 0 aliphatic heterocycles. The lowest BCUT2D eigenvalue weighted by atomic mass is 10.1. The zero-order valence-electron chi connectivity index (χ0n) is 11.4. The van der Waals surface area contributed by atoms with Gasteiger partial charge in [-0.05, 0) is 19.4 Å². The van der Waals surface area contributed by atoms with E-state index < -0.39 is 0 Å². The van der Waals surface area contributed by atoms with Crippen molar-refractivity contribution >= 4 is 16.9 Å². The smallest absolute Gasteiger partial charge is 0.289 e. The lowest BCUT2D eigenvalue weighted by Crippen LogP contribution is -2.27. The third-order valence-corrected chi connectivity index (χ3v) is 3.26. The predicted molar refractivity (Wildman–Crippen MR) is 72.9 cm³/mol. The average Bonchev–Trinajstić information content (AvgIpc) is 2.74. The Kier molecular flexibility index (Phi) is 3.57. The summed E-state index contributed by atoms with van der Waals surface area (Å²) in [4.78, 5) is 13.8. The molecule has 4 heteroatoms. The highest BCUT2D eigenvalue weighted by atomic mass is 16.3. The van der Waals surface area contributed by atoms with Gasteiger partial charge in [0, 0.05) is 24.5 Å². The van der Waals surface area contributed by atoms with Crippen LogP contribution in [-0.4, -0.2) is 24.4 Å². The number of hydrogen-bond donors (Lipinski definition) is 0. The van der Waals surface area contributed by atoms with Crippen LogP contribution in [-0.2, 0) is 0 Å². The number of rotatable bonds is 3. The number of para-hydroxylation sites is 1. The maximum absolute atomic E-state index is 12.3. The van der Waals surface area contributed by atoms with Crippen LogP contribution in [0.1, 0.15) is 28.1 Å².